The first-order valence-corrected chi connectivity index (χ1v) is 7.37. The van der Waals surface area contributed by atoms with E-state index in [1.165, 1.54) is 12.1 Å². The molecule has 1 aliphatic rings. The quantitative estimate of drug-likeness (QED) is 0.525. The molecule has 19 heavy (non-hydrogen) atoms. The average Bonchev–Trinajstić information content (AvgIpc) is 2.80. The van der Waals surface area contributed by atoms with Gasteiger partial charge in [0.2, 0.25) is 10.0 Å². The number of nitro groups is 1. The van der Waals surface area contributed by atoms with E-state index in [-0.39, 0.29) is 16.0 Å². The van der Waals surface area contributed by atoms with Gasteiger partial charge < -0.3 is 0 Å². The summed E-state index contributed by atoms with van der Waals surface area (Å²) < 4.78 is 26.6. The fourth-order valence-electron chi connectivity index (χ4n) is 1.80. The van der Waals surface area contributed by atoms with Crippen LogP contribution in [0.1, 0.15) is 12.8 Å². The smallest absolute Gasteiger partial charge is 0.258 e. The van der Waals surface area contributed by atoms with Crippen molar-refractivity contribution in [3.8, 4) is 0 Å². The molecule has 0 bridgehead atoms. The maximum atomic E-state index is 12.1. The van der Waals surface area contributed by atoms with Crippen LogP contribution in [-0.2, 0) is 10.0 Å². The lowest BCUT2D eigenvalue weighted by molar-refractivity contribution is -0.384. The van der Waals surface area contributed by atoms with Gasteiger partial charge in [-0.05, 0) is 25.0 Å². The predicted molar refractivity (Wildman–Crippen MR) is 70.6 cm³/mol. The van der Waals surface area contributed by atoms with Crippen molar-refractivity contribution < 1.29 is 13.3 Å². The van der Waals surface area contributed by atoms with Gasteiger partial charge in [0.05, 0.1) is 9.82 Å². The summed E-state index contributed by atoms with van der Waals surface area (Å²) in [6, 6.07) is 3.23. The maximum absolute atomic E-state index is 12.1. The second-order valence-corrected chi connectivity index (χ2v) is 6.25. The highest BCUT2D eigenvalue weighted by Gasteiger charge is 2.23. The lowest BCUT2D eigenvalue weighted by Crippen LogP contribution is -2.32. The van der Waals surface area contributed by atoms with Crippen molar-refractivity contribution in [2.24, 2.45) is 0 Å². The normalized spacial score (nSPS) is 15.8. The molecule has 0 unspecified atom stereocenters. The van der Waals surface area contributed by atoms with Gasteiger partial charge in [-0.25, -0.2) is 13.1 Å². The number of hydrogen-bond donors (Lipinski definition) is 1. The molecule has 2 rings (SSSR count). The Labute approximate surface area is 115 Å². The zero-order valence-corrected chi connectivity index (χ0v) is 11.3. The van der Waals surface area contributed by atoms with Crippen molar-refractivity contribution in [2.75, 3.05) is 0 Å². The first-order chi connectivity index (χ1) is 8.90. The minimum atomic E-state index is -3.77. The highest BCUT2D eigenvalue weighted by atomic mass is 35.5. The monoisotopic (exact) mass is 302 g/mol. The SMILES string of the molecule is O=[N+]([O-])c1cc(S(=O)(=O)NC2CC=CC2)ccc1Cl. The van der Waals surface area contributed by atoms with E-state index in [9.17, 15) is 18.5 Å². The van der Waals surface area contributed by atoms with E-state index in [0.29, 0.717) is 12.8 Å². The molecular weight excluding hydrogens is 292 g/mol. The van der Waals surface area contributed by atoms with Crippen molar-refractivity contribution in [3.63, 3.8) is 0 Å². The lowest BCUT2D eigenvalue weighted by atomic mass is 10.3. The van der Waals surface area contributed by atoms with Gasteiger partial charge in [-0.15, -0.1) is 0 Å². The van der Waals surface area contributed by atoms with Gasteiger partial charge >= 0.3 is 0 Å². The van der Waals surface area contributed by atoms with Gasteiger partial charge in [0.15, 0.2) is 0 Å². The van der Waals surface area contributed by atoms with Crippen LogP contribution in [0.2, 0.25) is 5.02 Å². The summed E-state index contributed by atoms with van der Waals surface area (Å²) in [6.07, 6.45) is 5.01. The van der Waals surface area contributed by atoms with Crippen LogP contribution in [0.25, 0.3) is 0 Å². The molecular formula is C11H11ClN2O4S. The summed E-state index contributed by atoms with van der Waals surface area (Å²) in [4.78, 5) is 9.87. The molecule has 1 aliphatic carbocycles. The fourth-order valence-corrected chi connectivity index (χ4v) is 3.27. The van der Waals surface area contributed by atoms with Gasteiger partial charge in [0.25, 0.3) is 5.69 Å². The Morgan fingerprint density at radius 2 is 1.95 bits per heavy atom. The Morgan fingerprint density at radius 3 is 2.53 bits per heavy atom. The van der Waals surface area contributed by atoms with Gasteiger partial charge in [-0.1, -0.05) is 23.8 Å². The second kappa shape index (κ2) is 5.28. The Hall–Kier alpha value is -1.44. The highest BCUT2D eigenvalue weighted by Crippen LogP contribution is 2.27. The van der Waals surface area contributed by atoms with E-state index in [0.717, 1.165) is 6.07 Å². The molecule has 0 aromatic heterocycles. The van der Waals surface area contributed by atoms with Crippen LogP contribution >= 0.6 is 11.6 Å². The molecule has 0 aliphatic heterocycles. The van der Waals surface area contributed by atoms with Gasteiger partial charge in [-0.3, -0.25) is 10.1 Å². The largest absolute Gasteiger partial charge is 0.289 e. The van der Waals surface area contributed by atoms with Crippen LogP contribution in [0.15, 0.2) is 35.2 Å². The summed E-state index contributed by atoms with van der Waals surface area (Å²) in [5.41, 5.74) is -0.422. The van der Waals surface area contributed by atoms with Crippen molar-refractivity contribution in [1.82, 2.24) is 4.72 Å². The fraction of sp³-hybridized carbons (Fsp3) is 0.273. The van der Waals surface area contributed by atoms with Crippen LogP contribution in [0.4, 0.5) is 5.69 Å². The first kappa shape index (κ1) is 14.0. The van der Waals surface area contributed by atoms with Crippen molar-refractivity contribution >= 4 is 27.3 Å². The minimum Gasteiger partial charge on any atom is -0.258 e. The van der Waals surface area contributed by atoms with Crippen LogP contribution in [-0.4, -0.2) is 19.4 Å². The summed E-state index contributed by atoms with van der Waals surface area (Å²) >= 11 is 5.64. The van der Waals surface area contributed by atoms with Gasteiger partial charge in [0.1, 0.15) is 5.02 Å². The third-order valence-electron chi connectivity index (χ3n) is 2.75. The summed E-state index contributed by atoms with van der Waals surface area (Å²) in [5, 5.41) is 10.7. The molecule has 8 heteroatoms. The van der Waals surface area contributed by atoms with E-state index in [4.69, 9.17) is 11.6 Å². The molecule has 0 heterocycles. The van der Waals surface area contributed by atoms with E-state index < -0.39 is 20.6 Å². The molecule has 0 saturated heterocycles. The number of hydrogen-bond acceptors (Lipinski definition) is 4. The lowest BCUT2D eigenvalue weighted by Gasteiger charge is -2.12. The Morgan fingerprint density at radius 1 is 1.32 bits per heavy atom. The number of nitro benzene ring substituents is 1. The molecule has 1 N–H and O–H groups in total. The molecule has 1 aromatic carbocycles. The average molecular weight is 303 g/mol. The number of benzene rings is 1. The molecule has 0 radical (unpaired) electrons. The Balaban J connectivity index is 2.29. The summed E-state index contributed by atoms with van der Waals surface area (Å²) in [7, 11) is -3.77. The van der Waals surface area contributed by atoms with E-state index in [2.05, 4.69) is 4.72 Å². The molecule has 102 valence electrons. The van der Waals surface area contributed by atoms with E-state index in [1.807, 2.05) is 12.2 Å². The molecule has 0 fully saturated rings. The Bertz CT molecular complexity index is 634. The zero-order valence-electron chi connectivity index (χ0n) is 9.74. The summed E-state index contributed by atoms with van der Waals surface area (Å²) in [5.74, 6) is 0. The van der Waals surface area contributed by atoms with Crippen molar-refractivity contribution in [2.45, 2.75) is 23.8 Å². The summed E-state index contributed by atoms with van der Waals surface area (Å²) in [6.45, 7) is 0. The number of rotatable bonds is 4. The zero-order chi connectivity index (χ0) is 14.0. The number of halogens is 1. The standard InChI is InChI=1S/C11H11ClN2O4S/c12-10-6-5-9(7-11(10)14(15)16)19(17,18)13-8-3-1-2-4-8/h1-2,5-8,13H,3-4H2. The highest BCUT2D eigenvalue weighted by molar-refractivity contribution is 7.89. The molecule has 6 nitrogen and oxygen atoms in total. The number of nitrogens with one attached hydrogen (secondary N) is 1. The third kappa shape index (κ3) is 3.12. The molecule has 0 atom stereocenters. The van der Waals surface area contributed by atoms with Gasteiger partial charge in [-0.2, -0.15) is 0 Å². The third-order valence-corrected chi connectivity index (χ3v) is 4.59. The van der Waals surface area contributed by atoms with Crippen molar-refractivity contribution in [3.05, 3.63) is 45.5 Å². The minimum absolute atomic E-state index is 0.0912. The molecule has 0 spiro atoms. The van der Waals surface area contributed by atoms with Crippen molar-refractivity contribution in [1.29, 1.82) is 0 Å². The van der Waals surface area contributed by atoms with E-state index in [1.54, 1.807) is 0 Å². The van der Waals surface area contributed by atoms with Crippen LogP contribution < -0.4 is 4.72 Å². The van der Waals surface area contributed by atoms with Gasteiger partial charge in [0, 0.05) is 12.1 Å². The van der Waals surface area contributed by atoms with Crippen LogP contribution in [0.3, 0.4) is 0 Å². The first-order valence-electron chi connectivity index (χ1n) is 5.51. The molecule has 0 saturated carbocycles. The van der Waals surface area contributed by atoms with Crippen LogP contribution in [0.5, 0.6) is 0 Å². The molecule has 1 aromatic rings. The second-order valence-electron chi connectivity index (χ2n) is 4.13. The number of nitrogens with zero attached hydrogens (tertiary/aromatic N) is 1. The predicted octanol–water partition coefficient (Wildman–Crippen LogP) is 2.25. The Kier molecular flexibility index (Phi) is 3.88. The topological polar surface area (TPSA) is 89.3 Å². The maximum Gasteiger partial charge on any atom is 0.289 e. The molecule has 0 amide bonds. The van der Waals surface area contributed by atoms with E-state index >= 15 is 0 Å². The van der Waals surface area contributed by atoms with Crippen LogP contribution in [0, 0.1) is 10.1 Å². The number of sulfonamides is 1.